The maximum absolute atomic E-state index is 12.5. The maximum atomic E-state index is 12.5. The topological polar surface area (TPSA) is 58.5 Å². The zero-order chi connectivity index (χ0) is 20.6. The fourth-order valence-electron chi connectivity index (χ4n) is 2.46. The predicted octanol–water partition coefficient (Wildman–Crippen LogP) is 4.51. The SMILES string of the molecule is CCNC(=NCc1ccc(C)cc1OCC(F)(F)F)NCc1cccc(C)n1.I. The lowest BCUT2D eigenvalue weighted by Gasteiger charge is -2.14. The van der Waals surface area contributed by atoms with Gasteiger partial charge in [-0.2, -0.15) is 13.2 Å². The van der Waals surface area contributed by atoms with Gasteiger partial charge in [0.15, 0.2) is 12.6 Å². The molecule has 5 nitrogen and oxygen atoms in total. The maximum Gasteiger partial charge on any atom is 0.422 e. The van der Waals surface area contributed by atoms with Crippen molar-refractivity contribution in [2.45, 2.75) is 40.0 Å². The van der Waals surface area contributed by atoms with Gasteiger partial charge in [-0.05, 0) is 44.5 Å². The Bertz CT molecular complexity index is 813. The number of pyridine rings is 1. The second-order valence-electron chi connectivity index (χ2n) is 6.33. The first-order chi connectivity index (χ1) is 13.3. The number of nitrogens with zero attached hydrogens (tertiary/aromatic N) is 2. The van der Waals surface area contributed by atoms with E-state index < -0.39 is 12.8 Å². The largest absolute Gasteiger partial charge is 0.484 e. The number of ether oxygens (including phenoxy) is 1. The molecule has 1 aromatic carbocycles. The number of nitrogens with one attached hydrogen (secondary N) is 2. The number of hydrogen-bond donors (Lipinski definition) is 2. The van der Waals surface area contributed by atoms with E-state index in [-0.39, 0.29) is 36.3 Å². The van der Waals surface area contributed by atoms with Gasteiger partial charge in [0.05, 0.1) is 18.8 Å². The molecule has 0 unspecified atom stereocenters. The molecule has 1 aromatic heterocycles. The smallest absolute Gasteiger partial charge is 0.422 e. The molecule has 0 saturated heterocycles. The summed E-state index contributed by atoms with van der Waals surface area (Å²) in [4.78, 5) is 8.88. The summed E-state index contributed by atoms with van der Waals surface area (Å²) in [6, 6.07) is 10.9. The summed E-state index contributed by atoms with van der Waals surface area (Å²) < 4.78 is 42.5. The van der Waals surface area contributed by atoms with Crippen molar-refractivity contribution < 1.29 is 17.9 Å². The van der Waals surface area contributed by atoms with Gasteiger partial charge in [-0.1, -0.05) is 18.2 Å². The standard InChI is InChI=1S/C20H25F3N4O.HI/c1-4-24-19(26-12-17-7-5-6-15(3)27-17)25-11-16-9-8-14(2)10-18(16)28-13-20(21,22)23;/h5-10H,4,11-13H2,1-3H3,(H2,24,25,26);1H. The normalized spacial score (nSPS) is 11.6. The summed E-state index contributed by atoms with van der Waals surface area (Å²) in [6.07, 6.45) is -4.39. The van der Waals surface area contributed by atoms with Crippen LogP contribution in [0.5, 0.6) is 5.75 Å². The van der Waals surface area contributed by atoms with E-state index in [1.165, 1.54) is 0 Å². The Balaban J connectivity index is 0.00000420. The molecule has 0 atom stereocenters. The highest BCUT2D eigenvalue weighted by molar-refractivity contribution is 14.0. The summed E-state index contributed by atoms with van der Waals surface area (Å²) in [5, 5.41) is 6.29. The van der Waals surface area contributed by atoms with Gasteiger partial charge in [-0.3, -0.25) is 4.98 Å². The molecule has 2 rings (SSSR count). The number of aryl methyl sites for hydroxylation is 2. The number of hydrogen-bond acceptors (Lipinski definition) is 3. The Kier molecular flexibility index (Phi) is 10.2. The van der Waals surface area contributed by atoms with Crippen molar-refractivity contribution in [1.29, 1.82) is 0 Å². The lowest BCUT2D eigenvalue weighted by molar-refractivity contribution is -0.153. The monoisotopic (exact) mass is 522 g/mol. The minimum Gasteiger partial charge on any atom is -0.484 e. The molecule has 9 heteroatoms. The number of rotatable bonds is 7. The molecule has 0 aliphatic rings. The lowest BCUT2D eigenvalue weighted by Crippen LogP contribution is -2.37. The molecular weight excluding hydrogens is 496 g/mol. The van der Waals surface area contributed by atoms with Crippen LogP contribution in [-0.2, 0) is 13.1 Å². The van der Waals surface area contributed by atoms with E-state index >= 15 is 0 Å². The van der Waals surface area contributed by atoms with Gasteiger partial charge in [-0.15, -0.1) is 24.0 Å². The van der Waals surface area contributed by atoms with Gasteiger partial charge in [0.25, 0.3) is 0 Å². The van der Waals surface area contributed by atoms with E-state index in [4.69, 9.17) is 4.74 Å². The molecule has 160 valence electrons. The van der Waals surface area contributed by atoms with Gasteiger partial charge >= 0.3 is 6.18 Å². The summed E-state index contributed by atoms with van der Waals surface area (Å²) in [7, 11) is 0. The third-order valence-electron chi connectivity index (χ3n) is 3.75. The van der Waals surface area contributed by atoms with E-state index in [1.807, 2.05) is 38.1 Å². The van der Waals surface area contributed by atoms with E-state index in [1.54, 1.807) is 19.1 Å². The molecule has 0 spiro atoms. The Hall–Kier alpha value is -2.04. The molecule has 2 aromatic rings. The van der Waals surface area contributed by atoms with Crippen molar-refractivity contribution in [3.8, 4) is 5.75 Å². The van der Waals surface area contributed by atoms with E-state index in [0.717, 1.165) is 17.0 Å². The van der Waals surface area contributed by atoms with Crippen LogP contribution < -0.4 is 15.4 Å². The molecule has 0 fully saturated rings. The summed E-state index contributed by atoms with van der Waals surface area (Å²) in [6.45, 7) is 5.65. The summed E-state index contributed by atoms with van der Waals surface area (Å²) in [5.41, 5.74) is 3.20. The van der Waals surface area contributed by atoms with Crippen LogP contribution in [0.2, 0.25) is 0 Å². The third-order valence-corrected chi connectivity index (χ3v) is 3.75. The molecule has 0 bridgehead atoms. The van der Waals surface area contributed by atoms with E-state index in [2.05, 4.69) is 20.6 Å². The average molecular weight is 522 g/mol. The number of aromatic nitrogens is 1. The molecule has 1 heterocycles. The van der Waals surface area contributed by atoms with Gasteiger partial charge in [0, 0.05) is 17.8 Å². The van der Waals surface area contributed by atoms with Crippen LogP contribution in [-0.4, -0.2) is 30.3 Å². The van der Waals surface area contributed by atoms with Gasteiger partial charge in [0.1, 0.15) is 5.75 Å². The average Bonchev–Trinajstić information content (AvgIpc) is 2.63. The molecular formula is C20H26F3IN4O. The molecule has 0 aliphatic carbocycles. The molecule has 0 saturated carbocycles. The highest BCUT2D eigenvalue weighted by Crippen LogP contribution is 2.24. The number of aliphatic imine (C=N–C) groups is 1. The second kappa shape index (κ2) is 11.8. The highest BCUT2D eigenvalue weighted by atomic mass is 127. The zero-order valence-corrected chi connectivity index (χ0v) is 19.0. The molecule has 29 heavy (non-hydrogen) atoms. The Morgan fingerprint density at radius 2 is 1.90 bits per heavy atom. The molecule has 0 aliphatic heterocycles. The zero-order valence-electron chi connectivity index (χ0n) is 16.6. The van der Waals surface area contributed by atoms with Crippen molar-refractivity contribution in [3.05, 3.63) is 58.9 Å². The first-order valence-electron chi connectivity index (χ1n) is 9.00. The Labute approximate surface area is 186 Å². The minimum absolute atomic E-state index is 0. The van der Waals surface area contributed by atoms with Crippen molar-refractivity contribution >= 4 is 29.9 Å². The molecule has 0 radical (unpaired) electrons. The van der Waals surface area contributed by atoms with Crippen LogP contribution in [0.25, 0.3) is 0 Å². The van der Waals surface area contributed by atoms with Gasteiger partial charge in [0.2, 0.25) is 0 Å². The Morgan fingerprint density at radius 1 is 1.14 bits per heavy atom. The number of benzene rings is 1. The van der Waals surface area contributed by atoms with Crippen LogP contribution in [0.4, 0.5) is 13.2 Å². The van der Waals surface area contributed by atoms with Gasteiger partial charge in [-0.25, -0.2) is 4.99 Å². The van der Waals surface area contributed by atoms with Crippen LogP contribution in [0.15, 0.2) is 41.4 Å². The number of halogens is 4. The van der Waals surface area contributed by atoms with Crippen molar-refractivity contribution in [2.75, 3.05) is 13.2 Å². The van der Waals surface area contributed by atoms with E-state index in [9.17, 15) is 13.2 Å². The van der Waals surface area contributed by atoms with Crippen molar-refractivity contribution in [2.24, 2.45) is 4.99 Å². The van der Waals surface area contributed by atoms with Crippen molar-refractivity contribution in [3.63, 3.8) is 0 Å². The first-order valence-corrected chi connectivity index (χ1v) is 9.00. The van der Waals surface area contributed by atoms with Crippen LogP contribution in [0, 0.1) is 13.8 Å². The van der Waals surface area contributed by atoms with Crippen LogP contribution in [0.3, 0.4) is 0 Å². The second-order valence-corrected chi connectivity index (χ2v) is 6.33. The van der Waals surface area contributed by atoms with Crippen LogP contribution >= 0.6 is 24.0 Å². The minimum atomic E-state index is -4.39. The number of guanidine groups is 1. The third kappa shape index (κ3) is 9.33. The van der Waals surface area contributed by atoms with Crippen molar-refractivity contribution in [1.82, 2.24) is 15.6 Å². The fraction of sp³-hybridized carbons (Fsp3) is 0.400. The first kappa shape index (κ1) is 25.0. The van der Waals surface area contributed by atoms with Crippen LogP contribution in [0.1, 0.15) is 29.4 Å². The van der Waals surface area contributed by atoms with Gasteiger partial charge < -0.3 is 15.4 Å². The highest BCUT2D eigenvalue weighted by Gasteiger charge is 2.28. The predicted molar refractivity (Wildman–Crippen MR) is 119 cm³/mol. The number of alkyl halides is 3. The molecule has 2 N–H and O–H groups in total. The fourth-order valence-corrected chi connectivity index (χ4v) is 2.46. The molecule has 0 amide bonds. The summed E-state index contributed by atoms with van der Waals surface area (Å²) >= 11 is 0. The van der Waals surface area contributed by atoms with E-state index in [0.29, 0.717) is 24.6 Å². The quantitative estimate of drug-likeness (QED) is 0.319. The Morgan fingerprint density at radius 3 is 2.55 bits per heavy atom. The summed E-state index contributed by atoms with van der Waals surface area (Å²) in [5.74, 6) is 0.741. The lowest BCUT2D eigenvalue weighted by atomic mass is 10.1.